The molecule has 1 aromatic carbocycles. The standard InChI is InChI=1S/C16H23N3O3/c1-11(2)13-7-5-6-8-14(13)17-15(20)9-12(3)18-19-16(21)10-22-4/h5-8,11H,9-10H2,1-4H3,(H,17,20)(H,19,21)/b18-12+. The number of methoxy groups -OCH3 is 1. The summed E-state index contributed by atoms with van der Waals surface area (Å²) < 4.78 is 4.67. The lowest BCUT2D eigenvalue weighted by molar-refractivity contribution is -0.124. The Morgan fingerprint density at radius 3 is 2.55 bits per heavy atom. The molecule has 0 aliphatic carbocycles. The molecule has 0 aliphatic rings. The quantitative estimate of drug-likeness (QED) is 0.599. The molecule has 0 fully saturated rings. The van der Waals surface area contributed by atoms with Crippen molar-refractivity contribution in [2.45, 2.75) is 33.1 Å². The van der Waals surface area contributed by atoms with Gasteiger partial charge in [0.15, 0.2) is 0 Å². The number of carbonyl (C=O) groups excluding carboxylic acids is 2. The van der Waals surface area contributed by atoms with Crippen LogP contribution in [0, 0.1) is 0 Å². The Morgan fingerprint density at radius 1 is 1.23 bits per heavy atom. The number of hydrogen-bond acceptors (Lipinski definition) is 4. The normalized spacial score (nSPS) is 11.4. The van der Waals surface area contributed by atoms with Crippen LogP contribution >= 0.6 is 0 Å². The second-order valence-corrected chi connectivity index (χ2v) is 5.28. The number of rotatable bonds is 7. The van der Waals surface area contributed by atoms with Crippen molar-refractivity contribution in [2.75, 3.05) is 19.0 Å². The van der Waals surface area contributed by atoms with Gasteiger partial charge in [-0.1, -0.05) is 32.0 Å². The summed E-state index contributed by atoms with van der Waals surface area (Å²) in [5.74, 6) is -0.206. The van der Waals surface area contributed by atoms with E-state index in [9.17, 15) is 9.59 Å². The fourth-order valence-electron chi connectivity index (χ4n) is 1.90. The molecule has 1 rings (SSSR count). The van der Waals surface area contributed by atoms with Crippen LogP contribution in [0.5, 0.6) is 0 Å². The molecule has 0 saturated carbocycles. The van der Waals surface area contributed by atoms with Gasteiger partial charge in [0.05, 0.1) is 6.42 Å². The Labute approximate surface area is 130 Å². The lowest BCUT2D eigenvalue weighted by Crippen LogP contribution is -2.24. The van der Waals surface area contributed by atoms with Crippen LogP contribution in [0.3, 0.4) is 0 Å². The minimum atomic E-state index is -0.354. The molecule has 0 spiro atoms. The van der Waals surface area contributed by atoms with Crippen LogP contribution in [-0.4, -0.2) is 31.2 Å². The summed E-state index contributed by atoms with van der Waals surface area (Å²) in [6.07, 6.45) is 0.111. The third-order valence-corrected chi connectivity index (χ3v) is 2.92. The topological polar surface area (TPSA) is 79.8 Å². The second-order valence-electron chi connectivity index (χ2n) is 5.28. The molecule has 1 aromatic rings. The zero-order valence-corrected chi connectivity index (χ0v) is 13.5. The lowest BCUT2D eigenvalue weighted by atomic mass is 10.0. The molecule has 0 saturated heterocycles. The number of nitrogens with zero attached hydrogens (tertiary/aromatic N) is 1. The van der Waals surface area contributed by atoms with Crippen LogP contribution < -0.4 is 10.7 Å². The fourth-order valence-corrected chi connectivity index (χ4v) is 1.90. The van der Waals surface area contributed by atoms with Crippen molar-refractivity contribution in [2.24, 2.45) is 5.10 Å². The number of carbonyl (C=O) groups is 2. The van der Waals surface area contributed by atoms with Gasteiger partial charge in [0.1, 0.15) is 6.61 Å². The summed E-state index contributed by atoms with van der Waals surface area (Å²) in [5.41, 5.74) is 4.73. The Morgan fingerprint density at radius 2 is 1.91 bits per heavy atom. The van der Waals surface area contributed by atoms with Gasteiger partial charge in [-0.2, -0.15) is 5.10 Å². The predicted molar refractivity (Wildman–Crippen MR) is 86.9 cm³/mol. The van der Waals surface area contributed by atoms with E-state index in [2.05, 4.69) is 34.4 Å². The molecule has 0 bridgehead atoms. The smallest absolute Gasteiger partial charge is 0.266 e. The van der Waals surface area contributed by atoms with Gasteiger partial charge in [0.25, 0.3) is 5.91 Å². The Kier molecular flexibility index (Phi) is 7.25. The van der Waals surface area contributed by atoms with E-state index in [1.54, 1.807) is 6.92 Å². The summed E-state index contributed by atoms with van der Waals surface area (Å²) >= 11 is 0. The van der Waals surface area contributed by atoms with Gasteiger partial charge < -0.3 is 10.1 Å². The molecule has 22 heavy (non-hydrogen) atoms. The van der Waals surface area contributed by atoms with Crippen molar-refractivity contribution in [1.82, 2.24) is 5.43 Å². The molecule has 120 valence electrons. The maximum absolute atomic E-state index is 12.0. The zero-order chi connectivity index (χ0) is 16.5. The van der Waals surface area contributed by atoms with E-state index in [0.717, 1.165) is 11.3 Å². The molecule has 2 amide bonds. The van der Waals surface area contributed by atoms with Crippen LogP contribution in [-0.2, 0) is 14.3 Å². The number of nitrogens with one attached hydrogen (secondary N) is 2. The highest BCUT2D eigenvalue weighted by atomic mass is 16.5. The first-order chi connectivity index (χ1) is 10.4. The summed E-state index contributed by atoms with van der Waals surface area (Å²) in [5, 5.41) is 6.74. The molecule has 2 N–H and O–H groups in total. The van der Waals surface area contributed by atoms with Crippen molar-refractivity contribution in [3.8, 4) is 0 Å². The monoisotopic (exact) mass is 305 g/mol. The first kappa shape index (κ1) is 17.8. The Bertz CT molecular complexity index is 553. The number of amides is 2. The van der Waals surface area contributed by atoms with Crippen molar-refractivity contribution in [1.29, 1.82) is 0 Å². The zero-order valence-electron chi connectivity index (χ0n) is 13.5. The summed E-state index contributed by atoms with van der Waals surface area (Å²) in [6.45, 7) is 5.76. The number of hydrogen-bond donors (Lipinski definition) is 2. The van der Waals surface area contributed by atoms with E-state index >= 15 is 0 Å². The van der Waals surface area contributed by atoms with Gasteiger partial charge >= 0.3 is 0 Å². The van der Waals surface area contributed by atoms with Crippen molar-refractivity contribution in [3.63, 3.8) is 0 Å². The molecule has 0 heterocycles. The first-order valence-corrected chi connectivity index (χ1v) is 7.13. The summed E-state index contributed by atoms with van der Waals surface area (Å²) in [4.78, 5) is 23.2. The summed E-state index contributed by atoms with van der Waals surface area (Å²) in [7, 11) is 1.43. The van der Waals surface area contributed by atoms with Crippen LogP contribution in [0.25, 0.3) is 0 Å². The van der Waals surface area contributed by atoms with Gasteiger partial charge in [0, 0.05) is 18.5 Å². The Balaban J connectivity index is 2.59. The van der Waals surface area contributed by atoms with Gasteiger partial charge in [-0.15, -0.1) is 0 Å². The van der Waals surface area contributed by atoms with Crippen LogP contribution in [0.4, 0.5) is 5.69 Å². The van der Waals surface area contributed by atoms with Crippen LogP contribution in [0.15, 0.2) is 29.4 Å². The maximum atomic E-state index is 12.0. The first-order valence-electron chi connectivity index (χ1n) is 7.13. The number of hydrazone groups is 1. The second kappa shape index (κ2) is 8.94. The van der Waals surface area contributed by atoms with E-state index < -0.39 is 0 Å². The minimum Gasteiger partial charge on any atom is -0.375 e. The molecule has 0 aromatic heterocycles. The van der Waals surface area contributed by atoms with Crippen molar-refractivity contribution in [3.05, 3.63) is 29.8 Å². The number of anilines is 1. The highest BCUT2D eigenvalue weighted by molar-refractivity contribution is 6.06. The molecule has 0 radical (unpaired) electrons. The van der Waals surface area contributed by atoms with E-state index in [1.807, 2.05) is 24.3 Å². The van der Waals surface area contributed by atoms with E-state index in [1.165, 1.54) is 7.11 Å². The Hall–Kier alpha value is -2.21. The summed E-state index contributed by atoms with van der Waals surface area (Å²) in [6, 6.07) is 7.70. The van der Waals surface area contributed by atoms with Gasteiger partial charge in [-0.25, -0.2) is 5.43 Å². The van der Waals surface area contributed by atoms with Crippen molar-refractivity contribution < 1.29 is 14.3 Å². The molecule has 0 unspecified atom stereocenters. The molecule has 0 atom stereocenters. The number of para-hydroxylation sites is 1. The predicted octanol–water partition coefficient (Wildman–Crippen LogP) is 2.28. The third kappa shape index (κ3) is 6.05. The maximum Gasteiger partial charge on any atom is 0.266 e. The molecular weight excluding hydrogens is 282 g/mol. The van der Waals surface area contributed by atoms with E-state index in [0.29, 0.717) is 11.6 Å². The van der Waals surface area contributed by atoms with Gasteiger partial charge in [-0.3, -0.25) is 9.59 Å². The number of benzene rings is 1. The van der Waals surface area contributed by atoms with Crippen LogP contribution in [0.1, 0.15) is 38.7 Å². The van der Waals surface area contributed by atoms with Gasteiger partial charge in [-0.05, 0) is 24.5 Å². The molecule has 0 aliphatic heterocycles. The van der Waals surface area contributed by atoms with E-state index in [-0.39, 0.29) is 24.8 Å². The minimum absolute atomic E-state index is 0.0647. The highest BCUT2D eigenvalue weighted by Crippen LogP contribution is 2.23. The molecule has 6 nitrogen and oxygen atoms in total. The van der Waals surface area contributed by atoms with Crippen LogP contribution in [0.2, 0.25) is 0 Å². The molecular formula is C16H23N3O3. The average Bonchev–Trinajstić information content (AvgIpc) is 2.45. The lowest BCUT2D eigenvalue weighted by Gasteiger charge is -2.13. The largest absolute Gasteiger partial charge is 0.375 e. The highest BCUT2D eigenvalue weighted by Gasteiger charge is 2.10. The SMILES string of the molecule is COCC(=O)N/N=C(\C)CC(=O)Nc1ccccc1C(C)C. The third-order valence-electron chi connectivity index (χ3n) is 2.92. The van der Waals surface area contributed by atoms with Gasteiger partial charge in [0.2, 0.25) is 5.91 Å². The molecule has 6 heteroatoms. The van der Waals surface area contributed by atoms with Crippen molar-refractivity contribution >= 4 is 23.2 Å². The number of ether oxygens (including phenoxy) is 1. The average molecular weight is 305 g/mol. The van der Waals surface area contributed by atoms with E-state index in [4.69, 9.17) is 0 Å². The fraction of sp³-hybridized carbons (Fsp3) is 0.438.